The molecule has 0 aliphatic carbocycles. The Kier molecular flexibility index (Phi) is 27.4. The van der Waals surface area contributed by atoms with Crippen molar-refractivity contribution in [2.24, 2.45) is 0 Å². The summed E-state index contributed by atoms with van der Waals surface area (Å²) in [5.41, 5.74) is 5.78. The number of carbonyl (C=O) groups excluding carboxylic acids is 6. The molecule has 0 heterocycles. The zero-order valence-electron chi connectivity index (χ0n) is 58.4. The third kappa shape index (κ3) is 19.1. The summed E-state index contributed by atoms with van der Waals surface area (Å²) in [5, 5.41) is 30.9. The fourth-order valence-electron chi connectivity index (χ4n) is 12.0. The molecule has 8 rings (SSSR count). The number of carboxylic acids is 1. The van der Waals surface area contributed by atoms with Crippen LogP contribution in [0.15, 0.2) is 159 Å². The minimum atomic E-state index is -1.16. The van der Waals surface area contributed by atoms with E-state index >= 15 is 0 Å². The fraction of sp³-hybridized carbons (Fsp3) is 0.304. The highest BCUT2D eigenvalue weighted by Gasteiger charge is 2.33. The maximum Gasteiger partial charge on any atom is 0.407 e. The highest BCUT2D eigenvalue weighted by Crippen LogP contribution is 2.51. The van der Waals surface area contributed by atoms with Gasteiger partial charge < -0.3 is 60.1 Å². The van der Waals surface area contributed by atoms with Crippen molar-refractivity contribution < 1.29 is 68.5 Å². The van der Waals surface area contributed by atoms with E-state index in [-0.39, 0.29) is 32.2 Å². The number of amides is 5. The number of methoxy groups -OCH3 is 5. The maximum atomic E-state index is 14.4. The van der Waals surface area contributed by atoms with Crippen LogP contribution in [0, 0.1) is 12.8 Å². The molecule has 19 nitrogen and oxygen atoms in total. The lowest BCUT2D eigenvalue weighted by molar-refractivity contribution is -0.145. The number of allylic oxidation sites excluding steroid dienone is 2. The van der Waals surface area contributed by atoms with Crippen LogP contribution in [-0.2, 0) is 63.9 Å². The lowest BCUT2D eigenvalue weighted by Crippen LogP contribution is -2.56. The first kappa shape index (κ1) is 74.3. The lowest BCUT2D eigenvalue weighted by Gasteiger charge is -2.26. The summed E-state index contributed by atoms with van der Waals surface area (Å²) in [6.07, 6.45) is 12.6. The van der Waals surface area contributed by atoms with Gasteiger partial charge >= 0.3 is 18.0 Å². The summed E-state index contributed by atoms with van der Waals surface area (Å²) < 4.78 is 40.3. The number of rotatable bonds is 29. The number of carbonyl (C=O) groups is 7. The average molecular weight is 1330 g/mol. The number of carboxylic acid groups (broad SMARTS) is 1. The van der Waals surface area contributed by atoms with E-state index in [2.05, 4.69) is 70.9 Å². The predicted octanol–water partition coefficient (Wildman–Crippen LogP) is 12.7. The van der Waals surface area contributed by atoms with Crippen molar-refractivity contribution >= 4 is 84.8 Å². The molecule has 6 N–H and O–H groups in total. The summed E-state index contributed by atoms with van der Waals surface area (Å²) in [5.74, 6) is -1.54. The number of esters is 1. The largest absolute Gasteiger partial charge is 0.496 e. The first-order valence-corrected chi connectivity index (χ1v) is 31.9. The van der Waals surface area contributed by atoms with Gasteiger partial charge in [-0.05, 0) is 149 Å². The van der Waals surface area contributed by atoms with E-state index in [9.17, 15) is 38.7 Å². The van der Waals surface area contributed by atoms with E-state index < -0.39 is 71.4 Å². The molecule has 0 aliphatic heterocycles. The van der Waals surface area contributed by atoms with Gasteiger partial charge in [0, 0.05) is 55.5 Å². The molecule has 2 unspecified atom stereocenters. The Morgan fingerprint density at radius 1 is 0.520 bits per heavy atom. The Morgan fingerprint density at radius 3 is 1.23 bits per heavy atom. The van der Waals surface area contributed by atoms with Crippen molar-refractivity contribution in [1.29, 1.82) is 0 Å². The molecule has 0 radical (unpaired) electrons. The van der Waals surface area contributed by atoms with Crippen LogP contribution in [0.25, 0.3) is 65.3 Å². The second kappa shape index (κ2) is 36.1. The molecule has 0 fully saturated rings. The number of terminal acetylenes is 1. The van der Waals surface area contributed by atoms with Gasteiger partial charge in [0.25, 0.3) is 0 Å². The van der Waals surface area contributed by atoms with Crippen LogP contribution in [0.5, 0.6) is 23.0 Å². The zero-order chi connectivity index (χ0) is 72.5. The van der Waals surface area contributed by atoms with Gasteiger partial charge in [0.15, 0.2) is 0 Å². The number of alkyl carbamates (subject to hydrolysis) is 1. The smallest absolute Gasteiger partial charge is 0.407 e. The lowest BCUT2D eigenvalue weighted by atomic mass is 9.87. The molecule has 98 heavy (non-hydrogen) atoms. The molecule has 8 aromatic carbocycles. The normalized spacial score (nSPS) is 12.2. The minimum Gasteiger partial charge on any atom is -0.496 e. The maximum absolute atomic E-state index is 14.4. The topological polar surface area (TPSA) is 255 Å². The molecule has 0 saturated heterocycles. The van der Waals surface area contributed by atoms with Gasteiger partial charge in [0.1, 0.15) is 54.1 Å². The quantitative estimate of drug-likeness (QED) is 0.0110. The molecule has 0 bridgehead atoms. The van der Waals surface area contributed by atoms with E-state index in [1.54, 1.807) is 49.2 Å². The number of benzene rings is 8. The second-order valence-corrected chi connectivity index (χ2v) is 24.0. The van der Waals surface area contributed by atoms with Crippen LogP contribution < -0.4 is 45.5 Å². The van der Waals surface area contributed by atoms with Crippen LogP contribution in [0.2, 0.25) is 0 Å². The summed E-state index contributed by atoms with van der Waals surface area (Å²) in [7, 11) is 7.63. The van der Waals surface area contributed by atoms with Crippen molar-refractivity contribution in [1.82, 2.24) is 26.6 Å². The highest BCUT2D eigenvalue weighted by atomic mass is 16.6. The van der Waals surface area contributed by atoms with Crippen LogP contribution in [-0.4, -0.2) is 119 Å². The van der Waals surface area contributed by atoms with E-state index in [0.29, 0.717) is 59.8 Å². The zero-order valence-corrected chi connectivity index (χ0v) is 57.4. The van der Waals surface area contributed by atoms with Gasteiger partial charge in [0.2, 0.25) is 23.6 Å². The summed E-state index contributed by atoms with van der Waals surface area (Å²) in [6.45, 7) is 19.7. The molecule has 0 aromatic heterocycles. The molecule has 0 spiro atoms. The summed E-state index contributed by atoms with van der Waals surface area (Å²) in [4.78, 5) is 89.3. The van der Waals surface area contributed by atoms with E-state index in [4.69, 9.17) is 29.8 Å². The van der Waals surface area contributed by atoms with Crippen molar-refractivity contribution in [2.45, 2.75) is 116 Å². The van der Waals surface area contributed by atoms with Crippen LogP contribution >= 0.6 is 0 Å². The Balaban J connectivity index is 0.000000335. The van der Waals surface area contributed by atoms with Gasteiger partial charge in [-0.25, -0.2) is 14.4 Å². The molecule has 514 valence electrons. The predicted molar refractivity (Wildman–Crippen MR) is 387 cm³/mol. The monoisotopic (exact) mass is 1330 g/mol. The first-order chi connectivity index (χ1) is 47.5. The van der Waals surface area contributed by atoms with E-state index in [0.717, 1.165) is 76.5 Å². The number of ether oxygens (including phenoxy) is 6. The summed E-state index contributed by atoms with van der Waals surface area (Å²) >= 11 is 0. The van der Waals surface area contributed by atoms with Gasteiger partial charge in [-0.3, -0.25) is 19.2 Å². The van der Waals surface area contributed by atoms with Crippen molar-refractivity contribution in [3.63, 3.8) is 0 Å². The first-order valence-electron chi connectivity index (χ1n) is 32.4. The molecule has 4 atom stereocenters. The Hall–Kier alpha value is -11.1. The number of aliphatic carboxylic acids is 1. The second-order valence-electron chi connectivity index (χ2n) is 24.0. The van der Waals surface area contributed by atoms with Crippen molar-refractivity contribution in [3.8, 4) is 58.1 Å². The Bertz CT molecular complexity index is 4320. The van der Waals surface area contributed by atoms with E-state index in [1.165, 1.54) is 33.4 Å². The van der Waals surface area contributed by atoms with Crippen molar-refractivity contribution in [3.05, 3.63) is 182 Å². The van der Waals surface area contributed by atoms with Crippen molar-refractivity contribution in [2.75, 3.05) is 42.1 Å². The number of unbranched alkanes of at least 4 members (excludes halogenated alkanes) is 1. The number of hydrogen-bond acceptors (Lipinski definition) is 13. The summed E-state index contributed by atoms with van der Waals surface area (Å²) in [6, 6.07) is 35.4. The Labute approximate surface area is 574 Å². The molecular formula is C79H89N5O14. The van der Waals surface area contributed by atoms with Gasteiger partial charge in [-0.1, -0.05) is 115 Å². The molecule has 5 amide bonds. The third-order valence-electron chi connectivity index (χ3n) is 16.0. The number of nitrogens with one attached hydrogen (secondary N) is 5. The number of fused-ring (bicyclic) bond motifs is 4. The molecular weight excluding hydrogens is 1240 g/mol. The van der Waals surface area contributed by atoms with Crippen LogP contribution in [0.1, 0.15) is 83.9 Å². The molecule has 0 aliphatic rings. The standard InChI is InChI=1S/C47H58N4O9.C30H29NO5.C2H2/c1-10-18-32-26-30-20-12-14-22-34(30)39(41(32)57-7)40-35-23-15-13-21-31(35)27-33(42(40)58-8)28-38(49-29(3)52)44(54)50-36(43(53)51-37(19-11-2)45(55)59-9)24-16-17-25-48-46(56)60-47(4,5)6;1-5-10-21-15-19-11-6-8-13-23(19)26(28(21)35-3)27-24-14-9-7-12-20(24)16-22(29(27)36-4)17-25(30(33)34)31-18(2)32;1-2/h10-15,20-23,26-27,36-38H,1-2,16-19,24-25,28H2,3-9H3,(H,48,56)(H,49,52)(H,50,54)(H,51,53);5-9,11-16,25H,1,10,17H2,2-4H3,(H,31,32)(H,33,34);1-2H/t36-,37+,38?;;/m1../s1/i;;1D. The fourth-order valence-corrected chi connectivity index (χ4v) is 12.0. The van der Waals surface area contributed by atoms with Gasteiger partial charge in [-0.15, -0.1) is 32.6 Å². The van der Waals surface area contributed by atoms with Crippen LogP contribution in [0.3, 0.4) is 0 Å². The molecule has 0 saturated carbocycles. The van der Waals surface area contributed by atoms with Crippen LogP contribution in [0.4, 0.5) is 4.79 Å². The SMILES string of the molecule is C=CCc1cc2ccccc2c(-c2c(OC)c(CC(NC(C)=O)C(=O)N[C@H](CCCCNC(=O)OC(C)(C)C)C(=O)N[C@@H](CC=C)C(=O)OC)cc3ccccc23)c1OC.C=CCc1cc2ccccc2c(-c2c(OC)c(CC(NC(C)=O)C(=O)O)cc3ccccc23)c1OC.[2H]C#C. The third-order valence-corrected chi connectivity index (χ3v) is 16.0. The highest BCUT2D eigenvalue weighted by molar-refractivity contribution is 6.13. The van der Waals surface area contributed by atoms with Gasteiger partial charge in [-0.2, -0.15) is 0 Å². The average Bonchev–Trinajstić information content (AvgIpc) is 0.746. The molecule has 8 aromatic rings. The minimum absolute atomic E-state index is 0.0194. The molecule has 19 heteroatoms. The van der Waals surface area contributed by atoms with Gasteiger partial charge in [0.05, 0.1) is 35.5 Å². The number of hydrogen-bond donors (Lipinski definition) is 6. The Morgan fingerprint density at radius 2 is 0.878 bits per heavy atom. The van der Waals surface area contributed by atoms with E-state index in [1.807, 2.05) is 115 Å².